The Balaban J connectivity index is 2.40. The van der Waals surface area contributed by atoms with Crippen molar-refractivity contribution in [1.29, 1.82) is 0 Å². The maximum absolute atomic E-state index is 13.7. The molecular weight excluding hydrogens is 271 g/mol. The number of hydrogen-bond acceptors (Lipinski definition) is 3. The van der Waals surface area contributed by atoms with Crippen LogP contribution in [0.5, 0.6) is 0 Å². The van der Waals surface area contributed by atoms with Gasteiger partial charge in [0, 0.05) is 10.6 Å². The number of rotatable bonds is 3. The molecule has 0 spiro atoms. The maximum atomic E-state index is 13.7. The first-order chi connectivity index (χ1) is 9.02. The Hall–Kier alpha value is -1.88. The third-order valence-electron chi connectivity index (χ3n) is 2.79. The van der Waals surface area contributed by atoms with Crippen LogP contribution in [-0.4, -0.2) is 22.6 Å². The lowest BCUT2D eigenvalue weighted by Gasteiger charge is -2.10. The number of hydrogen-bond donors (Lipinski definition) is 0. The Morgan fingerprint density at radius 3 is 2.95 bits per heavy atom. The van der Waals surface area contributed by atoms with Crippen molar-refractivity contribution < 1.29 is 13.9 Å². The van der Waals surface area contributed by atoms with Crippen LogP contribution in [0.15, 0.2) is 24.4 Å². The third kappa shape index (κ3) is 2.76. The number of esters is 1. The van der Waals surface area contributed by atoms with Crippen LogP contribution < -0.4 is 0 Å². The summed E-state index contributed by atoms with van der Waals surface area (Å²) >= 11 is 5.84. The van der Waals surface area contributed by atoms with E-state index in [1.165, 1.54) is 31.5 Å². The second-order valence-corrected chi connectivity index (χ2v) is 4.44. The van der Waals surface area contributed by atoms with Crippen molar-refractivity contribution in [3.05, 3.63) is 52.3 Å². The van der Waals surface area contributed by atoms with Gasteiger partial charge >= 0.3 is 5.97 Å². The molecule has 0 saturated heterocycles. The molecule has 0 aliphatic heterocycles. The van der Waals surface area contributed by atoms with Crippen molar-refractivity contribution in [2.75, 3.05) is 7.11 Å². The molecule has 0 aliphatic carbocycles. The molecule has 19 heavy (non-hydrogen) atoms. The molecule has 4 nitrogen and oxygen atoms in total. The number of carbonyl (C=O) groups is 1. The molecule has 2 aromatic rings. The number of methoxy groups -OCH3 is 1. The summed E-state index contributed by atoms with van der Waals surface area (Å²) in [7, 11) is 1.29. The van der Waals surface area contributed by atoms with Crippen LogP contribution in [0.2, 0.25) is 5.02 Å². The molecule has 1 aromatic carbocycles. The van der Waals surface area contributed by atoms with Gasteiger partial charge in [0.1, 0.15) is 17.3 Å². The molecule has 0 N–H and O–H groups in total. The summed E-state index contributed by atoms with van der Waals surface area (Å²) in [4.78, 5) is 15.6. The van der Waals surface area contributed by atoms with Gasteiger partial charge in [0.2, 0.25) is 0 Å². The van der Waals surface area contributed by atoms with E-state index in [1.807, 2.05) is 0 Å². The van der Waals surface area contributed by atoms with E-state index in [4.69, 9.17) is 11.6 Å². The molecule has 0 bridgehead atoms. The zero-order valence-electron chi connectivity index (χ0n) is 10.5. The van der Waals surface area contributed by atoms with Gasteiger partial charge < -0.3 is 9.30 Å². The quantitative estimate of drug-likeness (QED) is 0.813. The van der Waals surface area contributed by atoms with Crippen LogP contribution >= 0.6 is 11.6 Å². The Bertz CT molecular complexity index is 625. The molecule has 0 saturated carbocycles. The van der Waals surface area contributed by atoms with Crippen molar-refractivity contribution in [2.24, 2.45) is 0 Å². The highest BCUT2D eigenvalue weighted by Gasteiger charge is 2.16. The molecule has 6 heteroatoms. The number of benzene rings is 1. The van der Waals surface area contributed by atoms with E-state index in [9.17, 15) is 9.18 Å². The minimum Gasteiger partial charge on any atom is -0.464 e. The van der Waals surface area contributed by atoms with Gasteiger partial charge in [-0.2, -0.15) is 0 Å². The number of nitrogens with zero attached hydrogens (tertiary/aromatic N) is 2. The second-order valence-electron chi connectivity index (χ2n) is 4.00. The number of aryl methyl sites for hydroxylation is 1. The summed E-state index contributed by atoms with van der Waals surface area (Å²) < 4.78 is 19.9. The summed E-state index contributed by atoms with van der Waals surface area (Å²) in [6.07, 6.45) is 1.41. The molecule has 100 valence electrons. The topological polar surface area (TPSA) is 44.1 Å². The van der Waals surface area contributed by atoms with E-state index >= 15 is 0 Å². The number of imidazole rings is 1. The molecule has 1 aromatic heterocycles. The smallest absolute Gasteiger partial charge is 0.356 e. The van der Waals surface area contributed by atoms with Crippen molar-refractivity contribution in [2.45, 2.75) is 13.5 Å². The molecule has 0 amide bonds. The zero-order valence-corrected chi connectivity index (χ0v) is 11.2. The Labute approximate surface area is 114 Å². The average molecular weight is 283 g/mol. The molecule has 1 heterocycles. The fourth-order valence-electron chi connectivity index (χ4n) is 1.77. The van der Waals surface area contributed by atoms with Crippen LogP contribution in [0.4, 0.5) is 4.39 Å². The second kappa shape index (κ2) is 5.40. The SMILES string of the molecule is COC(=O)c1cnc(C)n1Cc1cc(Cl)ccc1F. The molecule has 0 fully saturated rings. The van der Waals surface area contributed by atoms with Crippen LogP contribution in [0.3, 0.4) is 0 Å². The van der Waals surface area contributed by atoms with Crippen LogP contribution in [0.25, 0.3) is 0 Å². The van der Waals surface area contributed by atoms with Crippen LogP contribution in [0.1, 0.15) is 21.9 Å². The van der Waals surface area contributed by atoms with Crippen LogP contribution in [-0.2, 0) is 11.3 Å². The van der Waals surface area contributed by atoms with Gasteiger partial charge in [0.15, 0.2) is 0 Å². The van der Waals surface area contributed by atoms with E-state index in [0.29, 0.717) is 16.4 Å². The highest BCUT2D eigenvalue weighted by Crippen LogP contribution is 2.18. The van der Waals surface area contributed by atoms with E-state index in [-0.39, 0.29) is 18.1 Å². The van der Waals surface area contributed by atoms with Gasteiger partial charge in [-0.05, 0) is 25.1 Å². The van der Waals surface area contributed by atoms with Gasteiger partial charge in [-0.25, -0.2) is 14.2 Å². The normalized spacial score (nSPS) is 10.5. The van der Waals surface area contributed by atoms with Gasteiger partial charge in [0.05, 0.1) is 19.9 Å². The first-order valence-corrected chi connectivity index (χ1v) is 5.95. The first-order valence-electron chi connectivity index (χ1n) is 5.57. The maximum Gasteiger partial charge on any atom is 0.356 e. The molecule has 0 radical (unpaired) electrons. The number of ether oxygens (including phenoxy) is 1. The zero-order chi connectivity index (χ0) is 14.0. The number of halogens is 2. The lowest BCUT2D eigenvalue weighted by atomic mass is 10.2. The fourth-order valence-corrected chi connectivity index (χ4v) is 1.96. The third-order valence-corrected chi connectivity index (χ3v) is 3.02. The van der Waals surface area contributed by atoms with Crippen molar-refractivity contribution in [1.82, 2.24) is 9.55 Å². The van der Waals surface area contributed by atoms with E-state index in [0.717, 1.165) is 0 Å². The van der Waals surface area contributed by atoms with Gasteiger partial charge in [-0.15, -0.1) is 0 Å². The minimum atomic E-state index is -0.511. The predicted octanol–water partition coefficient (Wildman–Crippen LogP) is 2.82. The summed E-state index contributed by atoms with van der Waals surface area (Å²) in [5.74, 6) is -0.295. The predicted molar refractivity (Wildman–Crippen MR) is 68.8 cm³/mol. The summed E-state index contributed by atoms with van der Waals surface area (Å²) in [5.41, 5.74) is 0.665. The molecule has 2 rings (SSSR count). The first kappa shape index (κ1) is 13.5. The van der Waals surface area contributed by atoms with Crippen molar-refractivity contribution >= 4 is 17.6 Å². The molecule has 0 unspecified atom stereocenters. The lowest BCUT2D eigenvalue weighted by molar-refractivity contribution is 0.0588. The van der Waals surface area contributed by atoms with Crippen molar-refractivity contribution in [3.63, 3.8) is 0 Å². The molecule has 0 aliphatic rings. The number of aromatic nitrogens is 2. The number of carbonyl (C=O) groups excluding carboxylic acids is 1. The van der Waals surface area contributed by atoms with Crippen molar-refractivity contribution in [3.8, 4) is 0 Å². The Morgan fingerprint density at radius 1 is 1.53 bits per heavy atom. The molecular formula is C13H12ClFN2O2. The Morgan fingerprint density at radius 2 is 2.26 bits per heavy atom. The highest BCUT2D eigenvalue weighted by atomic mass is 35.5. The van der Waals surface area contributed by atoms with Gasteiger partial charge in [0.25, 0.3) is 0 Å². The standard InChI is InChI=1S/C13H12ClFN2O2/c1-8-16-6-12(13(18)19-2)17(8)7-9-5-10(14)3-4-11(9)15/h3-6H,7H2,1-2H3. The van der Waals surface area contributed by atoms with Crippen LogP contribution in [0, 0.1) is 12.7 Å². The summed E-state index contributed by atoms with van der Waals surface area (Å²) in [6, 6.07) is 4.29. The van der Waals surface area contributed by atoms with E-state index in [2.05, 4.69) is 9.72 Å². The van der Waals surface area contributed by atoms with Gasteiger partial charge in [-0.3, -0.25) is 0 Å². The highest BCUT2D eigenvalue weighted by molar-refractivity contribution is 6.30. The minimum absolute atomic E-state index is 0.169. The summed E-state index contributed by atoms with van der Waals surface area (Å²) in [6.45, 7) is 1.90. The largest absolute Gasteiger partial charge is 0.464 e. The average Bonchev–Trinajstić information content (AvgIpc) is 2.75. The monoisotopic (exact) mass is 282 g/mol. The fraction of sp³-hybridized carbons (Fsp3) is 0.231. The van der Waals surface area contributed by atoms with Gasteiger partial charge in [-0.1, -0.05) is 11.6 Å². The molecule has 0 atom stereocenters. The Kier molecular flexibility index (Phi) is 3.85. The lowest BCUT2D eigenvalue weighted by Crippen LogP contribution is -2.13. The summed E-state index contributed by atoms with van der Waals surface area (Å²) in [5, 5.41) is 0.439. The van der Waals surface area contributed by atoms with E-state index < -0.39 is 5.97 Å². The van der Waals surface area contributed by atoms with E-state index in [1.54, 1.807) is 11.5 Å².